The number of halogens is 1. The lowest BCUT2D eigenvalue weighted by atomic mass is 10.4. The zero-order valence-corrected chi connectivity index (χ0v) is 8.43. The van der Waals surface area contributed by atoms with Crippen molar-refractivity contribution in [3.8, 4) is 5.88 Å². The molecule has 4 nitrogen and oxygen atoms in total. The number of H-pyrrole nitrogens is 1. The van der Waals surface area contributed by atoms with E-state index in [1.54, 1.807) is 6.92 Å². The molecule has 1 heterocycles. The Morgan fingerprint density at radius 2 is 2.33 bits per heavy atom. The van der Waals surface area contributed by atoms with Gasteiger partial charge in [-0.15, -0.1) is 0 Å². The number of aromatic nitrogens is 2. The van der Waals surface area contributed by atoms with Crippen LogP contribution >= 0.6 is 15.9 Å². The van der Waals surface area contributed by atoms with Crippen LogP contribution in [-0.4, -0.2) is 16.6 Å². The van der Waals surface area contributed by atoms with Gasteiger partial charge in [0.05, 0.1) is 11.1 Å². The molecule has 0 aliphatic rings. The van der Waals surface area contributed by atoms with Crippen LogP contribution in [0.1, 0.15) is 12.6 Å². The molecule has 0 aliphatic carbocycles. The van der Waals surface area contributed by atoms with E-state index in [0.29, 0.717) is 17.0 Å². The van der Waals surface area contributed by atoms with E-state index in [4.69, 9.17) is 4.74 Å². The summed E-state index contributed by atoms with van der Waals surface area (Å²) < 4.78 is 5.82. The Labute approximate surface area is 78.1 Å². The Kier molecular flexibility index (Phi) is 2.86. The Bertz CT molecular complexity index is 335. The second kappa shape index (κ2) is 3.71. The van der Waals surface area contributed by atoms with Gasteiger partial charge in [0.1, 0.15) is 0 Å². The van der Waals surface area contributed by atoms with Crippen molar-refractivity contribution in [1.82, 2.24) is 9.97 Å². The molecule has 12 heavy (non-hydrogen) atoms. The monoisotopic (exact) mass is 232 g/mol. The van der Waals surface area contributed by atoms with Crippen molar-refractivity contribution < 1.29 is 4.74 Å². The lowest BCUT2D eigenvalue weighted by Crippen LogP contribution is -2.14. The van der Waals surface area contributed by atoms with E-state index in [0.717, 1.165) is 5.69 Å². The van der Waals surface area contributed by atoms with Crippen LogP contribution in [0.4, 0.5) is 0 Å². The van der Waals surface area contributed by atoms with Crippen LogP contribution in [-0.2, 0) is 0 Å². The number of nitrogens with zero attached hydrogens (tertiary/aromatic N) is 1. The molecule has 0 spiro atoms. The molecule has 0 saturated carbocycles. The standard InChI is InChI=1S/C7H9BrN2O2/c1-3-12-6-5(8)4(2)9-7(11)10-6/h3H2,1-2H3,(H,9,10,11). The zero-order chi connectivity index (χ0) is 9.14. The predicted molar refractivity (Wildman–Crippen MR) is 48.5 cm³/mol. The molecule has 0 saturated heterocycles. The van der Waals surface area contributed by atoms with Crippen LogP contribution in [0.3, 0.4) is 0 Å². The summed E-state index contributed by atoms with van der Waals surface area (Å²) in [7, 11) is 0. The van der Waals surface area contributed by atoms with Crippen molar-refractivity contribution in [2.24, 2.45) is 0 Å². The van der Waals surface area contributed by atoms with Crippen molar-refractivity contribution >= 4 is 15.9 Å². The van der Waals surface area contributed by atoms with Crippen LogP contribution < -0.4 is 10.4 Å². The van der Waals surface area contributed by atoms with E-state index in [9.17, 15) is 4.79 Å². The molecule has 5 heteroatoms. The predicted octanol–water partition coefficient (Wildman–Crippen LogP) is 1.24. The topological polar surface area (TPSA) is 55.0 Å². The van der Waals surface area contributed by atoms with Gasteiger partial charge in [0, 0.05) is 5.69 Å². The van der Waals surface area contributed by atoms with E-state index in [1.807, 2.05) is 6.92 Å². The molecule has 1 N–H and O–H groups in total. The van der Waals surface area contributed by atoms with Gasteiger partial charge in [0.15, 0.2) is 0 Å². The first kappa shape index (κ1) is 9.25. The third-order valence-electron chi connectivity index (χ3n) is 1.30. The number of hydrogen-bond donors (Lipinski definition) is 1. The third-order valence-corrected chi connectivity index (χ3v) is 2.23. The van der Waals surface area contributed by atoms with Gasteiger partial charge in [-0.1, -0.05) is 0 Å². The van der Waals surface area contributed by atoms with Crippen LogP contribution in [0.25, 0.3) is 0 Å². The molecule has 0 amide bonds. The highest BCUT2D eigenvalue weighted by Gasteiger charge is 2.06. The van der Waals surface area contributed by atoms with E-state index in [2.05, 4.69) is 25.9 Å². The quantitative estimate of drug-likeness (QED) is 0.835. The number of rotatable bonds is 2. The Morgan fingerprint density at radius 3 is 2.92 bits per heavy atom. The van der Waals surface area contributed by atoms with Gasteiger partial charge in [-0.05, 0) is 29.8 Å². The molecule has 1 rings (SSSR count). The van der Waals surface area contributed by atoms with Crippen molar-refractivity contribution in [2.75, 3.05) is 6.61 Å². The number of hydrogen-bond acceptors (Lipinski definition) is 3. The lowest BCUT2D eigenvalue weighted by molar-refractivity contribution is 0.322. The Morgan fingerprint density at radius 1 is 1.67 bits per heavy atom. The minimum Gasteiger partial charge on any atom is -0.477 e. The van der Waals surface area contributed by atoms with E-state index < -0.39 is 0 Å². The van der Waals surface area contributed by atoms with Crippen LogP contribution in [0.5, 0.6) is 5.88 Å². The first-order chi connectivity index (χ1) is 5.65. The zero-order valence-electron chi connectivity index (χ0n) is 6.85. The number of aryl methyl sites for hydroxylation is 1. The normalized spacial score (nSPS) is 9.92. The van der Waals surface area contributed by atoms with E-state index in [-0.39, 0.29) is 5.69 Å². The fourth-order valence-electron chi connectivity index (χ4n) is 0.777. The summed E-state index contributed by atoms with van der Waals surface area (Å²) in [5.41, 5.74) is 0.331. The van der Waals surface area contributed by atoms with Gasteiger partial charge in [-0.25, -0.2) is 4.79 Å². The van der Waals surface area contributed by atoms with Gasteiger partial charge < -0.3 is 9.72 Å². The summed E-state index contributed by atoms with van der Waals surface area (Å²) in [6.07, 6.45) is 0. The highest BCUT2D eigenvalue weighted by molar-refractivity contribution is 9.10. The minimum atomic E-state index is -0.390. The van der Waals surface area contributed by atoms with Crippen molar-refractivity contribution in [3.63, 3.8) is 0 Å². The summed E-state index contributed by atoms with van der Waals surface area (Å²) in [6, 6.07) is 0. The molecular formula is C7H9BrN2O2. The molecule has 0 radical (unpaired) electrons. The van der Waals surface area contributed by atoms with Crippen molar-refractivity contribution in [2.45, 2.75) is 13.8 Å². The minimum absolute atomic E-state index is 0.346. The van der Waals surface area contributed by atoms with E-state index >= 15 is 0 Å². The molecule has 0 bridgehead atoms. The van der Waals surface area contributed by atoms with Crippen LogP contribution in [0, 0.1) is 6.92 Å². The molecule has 0 aliphatic heterocycles. The van der Waals surface area contributed by atoms with Crippen LogP contribution in [0.2, 0.25) is 0 Å². The molecule has 0 atom stereocenters. The van der Waals surface area contributed by atoms with Crippen molar-refractivity contribution in [3.05, 3.63) is 20.7 Å². The molecule has 0 aromatic carbocycles. The van der Waals surface area contributed by atoms with Gasteiger partial charge in [0.2, 0.25) is 5.88 Å². The molecule has 1 aromatic rings. The fraction of sp³-hybridized carbons (Fsp3) is 0.429. The van der Waals surface area contributed by atoms with Gasteiger partial charge in [0.25, 0.3) is 0 Å². The average Bonchev–Trinajstić information content (AvgIpc) is 2.00. The summed E-state index contributed by atoms with van der Waals surface area (Å²) in [6.45, 7) is 4.11. The molecule has 66 valence electrons. The second-order valence-electron chi connectivity index (χ2n) is 2.22. The first-order valence-corrected chi connectivity index (χ1v) is 4.33. The highest BCUT2D eigenvalue weighted by Crippen LogP contribution is 2.22. The first-order valence-electron chi connectivity index (χ1n) is 3.54. The highest BCUT2D eigenvalue weighted by atomic mass is 79.9. The van der Waals surface area contributed by atoms with Gasteiger partial charge in [-0.3, -0.25) is 0 Å². The molecule has 0 fully saturated rings. The van der Waals surface area contributed by atoms with E-state index in [1.165, 1.54) is 0 Å². The molecule has 1 aromatic heterocycles. The van der Waals surface area contributed by atoms with Gasteiger partial charge >= 0.3 is 5.69 Å². The maximum absolute atomic E-state index is 10.9. The Hall–Kier alpha value is -0.840. The SMILES string of the molecule is CCOc1nc(=O)[nH]c(C)c1Br. The largest absolute Gasteiger partial charge is 0.477 e. The molecule has 0 unspecified atom stereocenters. The number of ether oxygens (including phenoxy) is 1. The second-order valence-corrected chi connectivity index (χ2v) is 3.01. The Balaban J connectivity index is 3.18. The van der Waals surface area contributed by atoms with Crippen LogP contribution in [0.15, 0.2) is 9.27 Å². The fourth-order valence-corrected chi connectivity index (χ4v) is 1.08. The van der Waals surface area contributed by atoms with Gasteiger partial charge in [-0.2, -0.15) is 4.98 Å². The average molecular weight is 233 g/mol. The summed E-state index contributed by atoms with van der Waals surface area (Å²) in [5.74, 6) is 0.346. The van der Waals surface area contributed by atoms with Crippen molar-refractivity contribution in [1.29, 1.82) is 0 Å². The number of nitrogens with one attached hydrogen (secondary N) is 1. The maximum Gasteiger partial charge on any atom is 0.348 e. The molecular weight excluding hydrogens is 224 g/mol. The third kappa shape index (κ3) is 1.85. The summed E-state index contributed by atoms with van der Waals surface area (Å²) >= 11 is 3.26. The summed E-state index contributed by atoms with van der Waals surface area (Å²) in [4.78, 5) is 17.1. The maximum atomic E-state index is 10.9. The smallest absolute Gasteiger partial charge is 0.348 e. The number of aromatic amines is 1. The summed E-state index contributed by atoms with van der Waals surface area (Å²) in [5, 5.41) is 0. The lowest BCUT2D eigenvalue weighted by Gasteiger charge is -2.04.